The Morgan fingerprint density at radius 1 is 1.11 bits per heavy atom. The SMILES string of the molecule is CC(C)(C)OC(=O)N(Cc1cc(F)cc(Cn2c(Br)nc3c(N)nc(F)nc32)c1)c1cncc(CO)c1. The summed E-state index contributed by atoms with van der Waals surface area (Å²) in [4.78, 5) is 30.0. The highest BCUT2D eigenvalue weighted by molar-refractivity contribution is 9.10. The van der Waals surface area contributed by atoms with Gasteiger partial charge in [-0.1, -0.05) is 6.07 Å². The highest BCUT2D eigenvalue weighted by Gasteiger charge is 2.25. The lowest BCUT2D eigenvalue weighted by Gasteiger charge is -2.27. The summed E-state index contributed by atoms with van der Waals surface area (Å²) in [5.41, 5.74) is 7.16. The Labute approximate surface area is 219 Å². The van der Waals surface area contributed by atoms with Crippen LogP contribution in [-0.2, 0) is 24.4 Å². The van der Waals surface area contributed by atoms with Crippen molar-refractivity contribution in [3.8, 4) is 0 Å². The second-order valence-electron chi connectivity index (χ2n) is 9.26. The fraction of sp³-hybridized carbons (Fsp3) is 0.292. The Balaban J connectivity index is 1.70. The largest absolute Gasteiger partial charge is 0.443 e. The molecule has 3 heterocycles. The Bertz CT molecular complexity index is 1470. The van der Waals surface area contributed by atoms with Gasteiger partial charge in [-0.25, -0.2) is 14.2 Å². The highest BCUT2D eigenvalue weighted by atomic mass is 79.9. The number of nitrogens with two attached hydrogens (primary N) is 1. The molecule has 10 nitrogen and oxygen atoms in total. The molecule has 0 unspecified atom stereocenters. The van der Waals surface area contributed by atoms with E-state index in [1.807, 2.05) is 0 Å². The van der Waals surface area contributed by atoms with Gasteiger partial charge in [0, 0.05) is 6.20 Å². The molecule has 0 bridgehead atoms. The number of nitrogen functional groups attached to an aromatic ring is 1. The van der Waals surface area contributed by atoms with Crippen molar-refractivity contribution < 1.29 is 23.4 Å². The maximum Gasteiger partial charge on any atom is 0.415 e. The van der Waals surface area contributed by atoms with Crippen LogP contribution >= 0.6 is 15.9 Å². The van der Waals surface area contributed by atoms with Crippen molar-refractivity contribution in [1.82, 2.24) is 24.5 Å². The molecule has 0 radical (unpaired) electrons. The lowest BCUT2D eigenvalue weighted by Crippen LogP contribution is -2.36. The molecule has 0 saturated heterocycles. The van der Waals surface area contributed by atoms with E-state index in [0.29, 0.717) is 27.1 Å². The third-order valence-corrected chi connectivity index (χ3v) is 5.74. The number of carbonyl (C=O) groups excluding carboxylic acids is 1. The normalized spacial score (nSPS) is 11.6. The quantitative estimate of drug-likeness (QED) is 0.256. The molecular formula is C24H24BrF2N7O3. The molecular weight excluding hydrogens is 552 g/mol. The number of aromatic nitrogens is 5. The van der Waals surface area contributed by atoms with Crippen LogP contribution in [0, 0.1) is 11.9 Å². The molecule has 0 aliphatic rings. The second kappa shape index (κ2) is 10.3. The number of ether oxygens (including phenoxy) is 1. The van der Waals surface area contributed by atoms with Gasteiger partial charge in [-0.15, -0.1) is 0 Å². The number of hydrogen-bond donors (Lipinski definition) is 2. The minimum absolute atomic E-state index is 0.0498. The monoisotopic (exact) mass is 575 g/mol. The molecule has 0 aliphatic heterocycles. The van der Waals surface area contributed by atoms with Crippen molar-refractivity contribution in [2.45, 2.75) is 46.1 Å². The van der Waals surface area contributed by atoms with Gasteiger partial charge in [-0.05, 0) is 71.6 Å². The van der Waals surface area contributed by atoms with E-state index in [-0.39, 0.29) is 36.7 Å². The molecule has 0 aliphatic carbocycles. The van der Waals surface area contributed by atoms with Crippen LogP contribution in [0.15, 0.2) is 41.4 Å². The van der Waals surface area contributed by atoms with E-state index < -0.39 is 23.6 Å². The van der Waals surface area contributed by atoms with E-state index in [1.165, 1.54) is 34.0 Å². The van der Waals surface area contributed by atoms with Crippen molar-refractivity contribution in [2.24, 2.45) is 0 Å². The van der Waals surface area contributed by atoms with E-state index in [4.69, 9.17) is 10.5 Å². The van der Waals surface area contributed by atoms with Crippen LogP contribution in [0.1, 0.15) is 37.5 Å². The lowest BCUT2D eigenvalue weighted by atomic mass is 10.1. The summed E-state index contributed by atoms with van der Waals surface area (Å²) in [6.45, 7) is 4.96. The molecule has 1 aromatic carbocycles. The smallest absolute Gasteiger partial charge is 0.415 e. The molecule has 3 N–H and O–H groups in total. The zero-order valence-electron chi connectivity index (χ0n) is 20.2. The molecule has 1 amide bonds. The molecule has 4 aromatic rings. The number of carbonyl (C=O) groups is 1. The molecule has 0 spiro atoms. The van der Waals surface area contributed by atoms with Crippen LogP contribution in [0.5, 0.6) is 0 Å². The average molecular weight is 576 g/mol. The summed E-state index contributed by atoms with van der Waals surface area (Å²) < 4.78 is 35.9. The van der Waals surface area contributed by atoms with Gasteiger partial charge in [-0.3, -0.25) is 14.5 Å². The highest BCUT2D eigenvalue weighted by Crippen LogP contribution is 2.26. The van der Waals surface area contributed by atoms with E-state index >= 15 is 0 Å². The molecule has 194 valence electrons. The van der Waals surface area contributed by atoms with Crippen molar-refractivity contribution in [2.75, 3.05) is 10.6 Å². The van der Waals surface area contributed by atoms with Gasteiger partial charge in [0.05, 0.1) is 31.6 Å². The van der Waals surface area contributed by atoms with Gasteiger partial charge in [-0.2, -0.15) is 14.4 Å². The van der Waals surface area contributed by atoms with E-state index in [0.717, 1.165) is 0 Å². The number of pyridine rings is 1. The predicted molar refractivity (Wildman–Crippen MR) is 135 cm³/mol. The number of anilines is 2. The number of aliphatic hydroxyl groups excluding tert-OH is 1. The first-order valence-corrected chi connectivity index (χ1v) is 11.9. The fourth-order valence-corrected chi connectivity index (χ4v) is 4.13. The topological polar surface area (TPSA) is 132 Å². The van der Waals surface area contributed by atoms with E-state index in [9.17, 15) is 18.7 Å². The Morgan fingerprint density at radius 2 is 1.84 bits per heavy atom. The minimum Gasteiger partial charge on any atom is -0.443 e. The third-order valence-electron chi connectivity index (χ3n) is 5.14. The molecule has 0 atom stereocenters. The molecule has 37 heavy (non-hydrogen) atoms. The van der Waals surface area contributed by atoms with Crippen molar-refractivity contribution in [1.29, 1.82) is 0 Å². The number of halogens is 3. The summed E-state index contributed by atoms with van der Waals surface area (Å²) in [6, 6.07) is 5.91. The second-order valence-corrected chi connectivity index (χ2v) is 9.97. The first kappa shape index (κ1) is 26.4. The van der Waals surface area contributed by atoms with Crippen LogP contribution in [0.3, 0.4) is 0 Å². The van der Waals surface area contributed by atoms with Gasteiger partial charge in [0.1, 0.15) is 11.4 Å². The standard InChI is InChI=1S/C24H24BrF2N7O3/c1-24(2,3)37-23(36)33(17-7-15(12-35)8-29-9-17)10-13-4-14(6-16(26)5-13)11-34-20-18(30-21(34)25)19(28)31-22(27)32-20/h4-9,35H,10-12H2,1-3H3,(H2,28,31,32). The summed E-state index contributed by atoms with van der Waals surface area (Å²) in [7, 11) is 0. The van der Waals surface area contributed by atoms with Crippen LogP contribution in [0.2, 0.25) is 0 Å². The average Bonchev–Trinajstić information content (AvgIpc) is 3.11. The van der Waals surface area contributed by atoms with Gasteiger partial charge < -0.3 is 15.6 Å². The summed E-state index contributed by atoms with van der Waals surface area (Å²) in [5.74, 6) is -0.659. The lowest BCUT2D eigenvalue weighted by molar-refractivity contribution is 0.0577. The van der Waals surface area contributed by atoms with Crippen LogP contribution in [0.4, 0.5) is 25.1 Å². The van der Waals surface area contributed by atoms with Gasteiger partial charge in [0.25, 0.3) is 0 Å². The number of aliphatic hydroxyl groups is 1. The predicted octanol–water partition coefficient (Wildman–Crippen LogP) is 4.33. The maximum atomic E-state index is 14.7. The number of benzene rings is 1. The fourth-order valence-electron chi connectivity index (χ4n) is 3.66. The molecule has 13 heteroatoms. The Hall–Kier alpha value is -3.71. The van der Waals surface area contributed by atoms with Gasteiger partial charge >= 0.3 is 12.2 Å². The summed E-state index contributed by atoms with van der Waals surface area (Å²) >= 11 is 3.31. The molecule has 4 rings (SSSR count). The van der Waals surface area contributed by atoms with E-state index in [1.54, 1.807) is 32.9 Å². The number of nitrogens with zero attached hydrogens (tertiary/aromatic N) is 6. The summed E-state index contributed by atoms with van der Waals surface area (Å²) in [6.07, 6.45) is 1.26. The first-order chi connectivity index (χ1) is 17.4. The Morgan fingerprint density at radius 3 is 2.54 bits per heavy atom. The maximum absolute atomic E-state index is 14.7. The third kappa shape index (κ3) is 6.17. The van der Waals surface area contributed by atoms with Gasteiger partial charge in [0.2, 0.25) is 0 Å². The number of hydrogen-bond acceptors (Lipinski definition) is 8. The molecule has 0 fully saturated rings. The van der Waals surface area contributed by atoms with Crippen LogP contribution < -0.4 is 10.6 Å². The van der Waals surface area contributed by atoms with Crippen molar-refractivity contribution in [3.63, 3.8) is 0 Å². The number of imidazole rings is 1. The first-order valence-electron chi connectivity index (χ1n) is 11.1. The number of fused-ring (bicyclic) bond motifs is 1. The van der Waals surface area contributed by atoms with Crippen LogP contribution in [0.25, 0.3) is 11.2 Å². The Kier molecular flexibility index (Phi) is 7.37. The zero-order valence-corrected chi connectivity index (χ0v) is 21.8. The molecule has 0 saturated carbocycles. The van der Waals surface area contributed by atoms with Crippen molar-refractivity contribution in [3.05, 3.63) is 70.0 Å². The number of rotatable bonds is 6. The minimum atomic E-state index is -1.01. The summed E-state index contributed by atoms with van der Waals surface area (Å²) in [5, 5.41) is 9.51. The zero-order chi connectivity index (χ0) is 26.9. The van der Waals surface area contributed by atoms with Crippen molar-refractivity contribution >= 4 is 44.7 Å². The van der Waals surface area contributed by atoms with Gasteiger partial charge in [0.15, 0.2) is 21.7 Å². The number of amides is 1. The molecule has 3 aromatic heterocycles. The van der Waals surface area contributed by atoms with E-state index in [2.05, 4.69) is 35.9 Å². The van der Waals surface area contributed by atoms with Crippen LogP contribution in [-0.4, -0.2) is 41.3 Å².